The van der Waals surface area contributed by atoms with Crippen LogP contribution in [0, 0.1) is 0 Å². The number of carboxylic acid groups (broad SMARTS) is 1. The van der Waals surface area contributed by atoms with Crippen molar-refractivity contribution >= 4 is 5.97 Å². The first kappa shape index (κ1) is 11.8. The van der Waals surface area contributed by atoms with Crippen molar-refractivity contribution in [2.45, 2.75) is 18.8 Å². The first-order valence-electron chi connectivity index (χ1n) is 6.16. The van der Waals surface area contributed by atoms with E-state index in [0.29, 0.717) is 11.7 Å². The van der Waals surface area contributed by atoms with E-state index in [4.69, 9.17) is 4.74 Å². The quantitative estimate of drug-likeness (QED) is 0.884. The van der Waals surface area contributed by atoms with Gasteiger partial charge in [0.25, 0.3) is 0 Å². The van der Waals surface area contributed by atoms with Crippen LogP contribution in [-0.2, 0) is 0 Å². The van der Waals surface area contributed by atoms with E-state index >= 15 is 0 Å². The molecule has 19 heavy (non-hydrogen) atoms. The number of imidazole rings is 1. The lowest BCUT2D eigenvalue weighted by molar-refractivity contribution is 0.0690. The molecule has 3 rings (SSSR count). The standard InChI is InChI=1S/C14H14N2O3/c1-19-10-6-4-9(5-7-10)13-15-11(8-2-3-8)12(16-13)14(17)18/h4-8H,2-3H2,1H3,(H,15,16)(H,17,18). The Balaban J connectivity index is 1.99. The van der Waals surface area contributed by atoms with Crippen molar-refractivity contribution < 1.29 is 14.6 Å². The van der Waals surface area contributed by atoms with Crippen LogP contribution in [0.25, 0.3) is 11.4 Å². The lowest BCUT2D eigenvalue weighted by atomic mass is 10.2. The van der Waals surface area contributed by atoms with Gasteiger partial charge in [-0.2, -0.15) is 0 Å². The topological polar surface area (TPSA) is 75.2 Å². The number of methoxy groups -OCH3 is 1. The van der Waals surface area contributed by atoms with E-state index in [1.807, 2.05) is 24.3 Å². The number of aromatic nitrogens is 2. The van der Waals surface area contributed by atoms with Gasteiger partial charge in [0, 0.05) is 11.5 Å². The van der Waals surface area contributed by atoms with Crippen LogP contribution in [0.5, 0.6) is 5.75 Å². The Hall–Kier alpha value is -2.30. The second kappa shape index (κ2) is 4.42. The maximum absolute atomic E-state index is 11.2. The van der Waals surface area contributed by atoms with Gasteiger partial charge in [0.15, 0.2) is 5.69 Å². The number of carbonyl (C=O) groups is 1. The number of hydrogen-bond acceptors (Lipinski definition) is 3. The van der Waals surface area contributed by atoms with Crippen LogP contribution in [0.2, 0.25) is 0 Å². The number of benzene rings is 1. The Morgan fingerprint density at radius 2 is 2.05 bits per heavy atom. The summed E-state index contributed by atoms with van der Waals surface area (Å²) in [5.41, 5.74) is 1.75. The SMILES string of the molecule is COc1ccc(-c2nc(C(=O)O)c(C3CC3)[nH]2)cc1. The molecule has 1 aliphatic carbocycles. The van der Waals surface area contributed by atoms with Crippen molar-refractivity contribution in [2.75, 3.05) is 7.11 Å². The van der Waals surface area contributed by atoms with Gasteiger partial charge in [0.05, 0.1) is 12.8 Å². The Morgan fingerprint density at radius 3 is 2.58 bits per heavy atom. The van der Waals surface area contributed by atoms with Crippen LogP contribution >= 0.6 is 0 Å². The summed E-state index contributed by atoms with van der Waals surface area (Å²) in [5, 5.41) is 9.18. The minimum absolute atomic E-state index is 0.147. The lowest BCUT2D eigenvalue weighted by Gasteiger charge is -2.00. The van der Waals surface area contributed by atoms with Gasteiger partial charge in [0.1, 0.15) is 11.6 Å². The number of rotatable bonds is 4. The molecule has 0 amide bonds. The molecule has 1 aromatic carbocycles. The minimum atomic E-state index is -0.974. The highest BCUT2D eigenvalue weighted by atomic mass is 16.5. The molecular weight excluding hydrogens is 244 g/mol. The Morgan fingerprint density at radius 1 is 1.37 bits per heavy atom. The Labute approximate surface area is 110 Å². The van der Waals surface area contributed by atoms with Crippen LogP contribution in [-0.4, -0.2) is 28.2 Å². The third-order valence-electron chi connectivity index (χ3n) is 3.28. The second-order valence-corrected chi connectivity index (χ2v) is 4.66. The van der Waals surface area contributed by atoms with Crippen LogP contribution in [0.3, 0.4) is 0 Å². The van der Waals surface area contributed by atoms with Crippen molar-refractivity contribution in [3.63, 3.8) is 0 Å². The maximum Gasteiger partial charge on any atom is 0.356 e. The van der Waals surface area contributed by atoms with E-state index in [1.54, 1.807) is 7.11 Å². The van der Waals surface area contributed by atoms with Gasteiger partial charge in [-0.3, -0.25) is 0 Å². The molecule has 0 bridgehead atoms. The summed E-state index contributed by atoms with van der Waals surface area (Å²) in [5.74, 6) is 0.710. The van der Waals surface area contributed by atoms with Gasteiger partial charge in [-0.15, -0.1) is 0 Å². The van der Waals surface area contributed by atoms with Gasteiger partial charge in [-0.05, 0) is 37.1 Å². The number of carboxylic acids is 1. The predicted molar refractivity (Wildman–Crippen MR) is 69.5 cm³/mol. The molecular formula is C14H14N2O3. The van der Waals surface area contributed by atoms with E-state index in [-0.39, 0.29) is 5.69 Å². The minimum Gasteiger partial charge on any atom is -0.497 e. The van der Waals surface area contributed by atoms with E-state index in [1.165, 1.54) is 0 Å². The van der Waals surface area contributed by atoms with Gasteiger partial charge >= 0.3 is 5.97 Å². The van der Waals surface area contributed by atoms with Crippen LogP contribution in [0.1, 0.15) is 34.9 Å². The highest BCUT2D eigenvalue weighted by Gasteiger charge is 2.31. The fourth-order valence-corrected chi connectivity index (χ4v) is 2.10. The molecule has 1 aromatic heterocycles. The van der Waals surface area contributed by atoms with Crippen molar-refractivity contribution in [2.24, 2.45) is 0 Å². The summed E-state index contributed by atoms with van der Waals surface area (Å²) in [6, 6.07) is 7.38. The number of hydrogen-bond donors (Lipinski definition) is 2. The first-order chi connectivity index (χ1) is 9.19. The monoisotopic (exact) mass is 258 g/mol. The van der Waals surface area contributed by atoms with Gasteiger partial charge < -0.3 is 14.8 Å². The number of aromatic amines is 1. The van der Waals surface area contributed by atoms with Crippen molar-refractivity contribution in [3.8, 4) is 17.1 Å². The van der Waals surface area contributed by atoms with Crippen LogP contribution < -0.4 is 4.74 Å². The molecule has 0 aliphatic heterocycles. The summed E-state index contributed by atoms with van der Waals surface area (Å²) >= 11 is 0. The van der Waals surface area contributed by atoms with Gasteiger partial charge in [-0.25, -0.2) is 9.78 Å². The molecule has 98 valence electrons. The second-order valence-electron chi connectivity index (χ2n) is 4.66. The number of ether oxygens (including phenoxy) is 1. The average Bonchev–Trinajstić information content (AvgIpc) is 3.17. The number of nitrogens with one attached hydrogen (secondary N) is 1. The molecule has 1 fully saturated rings. The van der Waals surface area contributed by atoms with E-state index in [0.717, 1.165) is 29.8 Å². The Kier molecular flexibility index (Phi) is 2.74. The number of aromatic carboxylic acids is 1. The average molecular weight is 258 g/mol. The van der Waals surface area contributed by atoms with Crippen LogP contribution in [0.15, 0.2) is 24.3 Å². The zero-order valence-corrected chi connectivity index (χ0v) is 10.5. The summed E-state index contributed by atoms with van der Waals surface area (Å²) in [4.78, 5) is 18.5. The first-order valence-corrected chi connectivity index (χ1v) is 6.16. The number of H-pyrrole nitrogens is 1. The highest BCUT2D eigenvalue weighted by molar-refractivity contribution is 5.88. The molecule has 1 heterocycles. The third-order valence-corrected chi connectivity index (χ3v) is 3.28. The smallest absolute Gasteiger partial charge is 0.356 e. The predicted octanol–water partition coefficient (Wildman–Crippen LogP) is 2.66. The van der Waals surface area contributed by atoms with E-state index < -0.39 is 5.97 Å². The van der Waals surface area contributed by atoms with Crippen molar-refractivity contribution in [3.05, 3.63) is 35.7 Å². The molecule has 0 saturated heterocycles. The molecule has 5 nitrogen and oxygen atoms in total. The molecule has 2 N–H and O–H groups in total. The molecule has 5 heteroatoms. The van der Waals surface area contributed by atoms with E-state index in [9.17, 15) is 9.90 Å². The zero-order chi connectivity index (χ0) is 13.4. The highest BCUT2D eigenvalue weighted by Crippen LogP contribution is 2.41. The molecule has 0 atom stereocenters. The zero-order valence-electron chi connectivity index (χ0n) is 10.5. The molecule has 1 aliphatic rings. The molecule has 0 radical (unpaired) electrons. The number of nitrogens with zero attached hydrogens (tertiary/aromatic N) is 1. The van der Waals surface area contributed by atoms with Gasteiger partial charge in [0.2, 0.25) is 0 Å². The summed E-state index contributed by atoms with van der Waals surface area (Å²) in [7, 11) is 1.61. The fraction of sp³-hybridized carbons (Fsp3) is 0.286. The molecule has 0 unspecified atom stereocenters. The summed E-state index contributed by atoms with van der Waals surface area (Å²) in [6.45, 7) is 0. The normalized spacial score (nSPS) is 14.4. The molecule has 2 aromatic rings. The summed E-state index contributed by atoms with van der Waals surface area (Å²) in [6.07, 6.45) is 2.06. The Bertz CT molecular complexity index is 612. The lowest BCUT2D eigenvalue weighted by Crippen LogP contribution is -2.00. The van der Waals surface area contributed by atoms with Gasteiger partial charge in [-0.1, -0.05) is 0 Å². The summed E-state index contributed by atoms with van der Waals surface area (Å²) < 4.78 is 5.10. The maximum atomic E-state index is 11.2. The molecule has 0 spiro atoms. The molecule has 1 saturated carbocycles. The van der Waals surface area contributed by atoms with Crippen molar-refractivity contribution in [1.82, 2.24) is 9.97 Å². The van der Waals surface area contributed by atoms with Crippen molar-refractivity contribution in [1.29, 1.82) is 0 Å². The van der Waals surface area contributed by atoms with Crippen LogP contribution in [0.4, 0.5) is 0 Å². The fourth-order valence-electron chi connectivity index (χ4n) is 2.10. The largest absolute Gasteiger partial charge is 0.497 e. The van der Waals surface area contributed by atoms with E-state index in [2.05, 4.69) is 9.97 Å². The third kappa shape index (κ3) is 2.19.